The summed E-state index contributed by atoms with van der Waals surface area (Å²) in [5.41, 5.74) is 2.13. The summed E-state index contributed by atoms with van der Waals surface area (Å²) in [6.45, 7) is 2.66. The van der Waals surface area contributed by atoms with E-state index in [1.54, 1.807) is 0 Å². The Labute approximate surface area is 101 Å². The molecule has 3 nitrogen and oxygen atoms in total. The smallest absolute Gasteiger partial charge is 0.121 e. The quantitative estimate of drug-likeness (QED) is 0.826. The van der Waals surface area contributed by atoms with Gasteiger partial charge in [-0.25, -0.2) is 4.98 Å². The first-order valence-electron chi connectivity index (χ1n) is 5.45. The highest BCUT2D eigenvalue weighted by atomic mass is 32.1. The maximum Gasteiger partial charge on any atom is 0.121 e. The molecule has 0 aliphatic rings. The van der Waals surface area contributed by atoms with Crippen molar-refractivity contribution in [3.05, 3.63) is 24.0 Å². The summed E-state index contributed by atoms with van der Waals surface area (Å²) in [6.07, 6.45) is 0.887. The number of fused-ring (bicyclic) bond motifs is 1. The molecule has 0 radical (unpaired) electrons. The number of thiol groups is 1. The Morgan fingerprint density at radius 3 is 2.94 bits per heavy atom. The zero-order valence-corrected chi connectivity index (χ0v) is 10.5. The van der Waals surface area contributed by atoms with Gasteiger partial charge in [-0.2, -0.15) is 12.6 Å². The summed E-state index contributed by atoms with van der Waals surface area (Å²) in [5.74, 6) is 2.76. The Bertz CT molecular complexity index is 493. The van der Waals surface area contributed by atoms with Crippen molar-refractivity contribution in [2.45, 2.75) is 13.3 Å². The Morgan fingerprint density at radius 2 is 2.25 bits per heavy atom. The third-order valence-electron chi connectivity index (χ3n) is 2.59. The van der Waals surface area contributed by atoms with Gasteiger partial charge in [0.15, 0.2) is 0 Å². The van der Waals surface area contributed by atoms with E-state index in [0.29, 0.717) is 6.61 Å². The Balaban J connectivity index is 2.45. The summed E-state index contributed by atoms with van der Waals surface area (Å²) in [7, 11) is 2.04. The molecule has 0 aliphatic heterocycles. The van der Waals surface area contributed by atoms with Crippen LogP contribution in [0.3, 0.4) is 0 Å². The largest absolute Gasteiger partial charge is 0.494 e. The number of aromatic nitrogens is 2. The molecule has 2 rings (SSSR count). The zero-order chi connectivity index (χ0) is 11.5. The second kappa shape index (κ2) is 4.78. The van der Waals surface area contributed by atoms with Gasteiger partial charge in [-0.15, -0.1) is 0 Å². The second-order valence-corrected chi connectivity index (χ2v) is 4.09. The van der Waals surface area contributed by atoms with Crippen molar-refractivity contribution >= 4 is 23.7 Å². The number of hydrogen-bond donors (Lipinski definition) is 1. The lowest BCUT2D eigenvalue weighted by atomic mass is 10.3. The molecule has 0 bridgehead atoms. The number of aryl methyl sites for hydroxylation is 2. The molecule has 1 aromatic carbocycles. The fraction of sp³-hybridized carbons (Fsp3) is 0.417. The lowest BCUT2D eigenvalue weighted by Gasteiger charge is -2.02. The van der Waals surface area contributed by atoms with Gasteiger partial charge in [0.2, 0.25) is 0 Å². The summed E-state index contributed by atoms with van der Waals surface area (Å²) < 4.78 is 7.57. The maximum atomic E-state index is 5.46. The third-order valence-corrected chi connectivity index (χ3v) is 2.81. The normalized spacial score (nSPS) is 10.9. The number of ether oxygens (including phenoxy) is 1. The van der Waals surface area contributed by atoms with E-state index in [2.05, 4.69) is 28.2 Å². The molecular weight excluding hydrogens is 220 g/mol. The van der Waals surface area contributed by atoms with Crippen LogP contribution in [0, 0.1) is 0 Å². The van der Waals surface area contributed by atoms with Crippen LogP contribution in [0.2, 0.25) is 0 Å². The van der Waals surface area contributed by atoms with Crippen molar-refractivity contribution in [2.24, 2.45) is 7.05 Å². The summed E-state index contributed by atoms with van der Waals surface area (Å²) in [6, 6.07) is 6.02. The lowest BCUT2D eigenvalue weighted by Crippen LogP contribution is -1.98. The Morgan fingerprint density at radius 1 is 1.44 bits per heavy atom. The average Bonchev–Trinajstić information content (AvgIpc) is 2.57. The van der Waals surface area contributed by atoms with Gasteiger partial charge in [0, 0.05) is 19.5 Å². The Hall–Kier alpha value is -1.16. The summed E-state index contributed by atoms with van der Waals surface area (Å²) in [4.78, 5) is 4.58. The third kappa shape index (κ3) is 2.02. The van der Waals surface area contributed by atoms with Gasteiger partial charge in [-0.1, -0.05) is 0 Å². The van der Waals surface area contributed by atoms with Crippen LogP contribution < -0.4 is 4.74 Å². The molecule has 0 saturated heterocycles. The van der Waals surface area contributed by atoms with Gasteiger partial charge >= 0.3 is 0 Å². The number of nitrogens with zero attached hydrogens (tertiary/aromatic N) is 2. The monoisotopic (exact) mass is 236 g/mol. The molecule has 4 heteroatoms. The van der Waals surface area contributed by atoms with Crippen LogP contribution in [0.15, 0.2) is 18.2 Å². The molecule has 16 heavy (non-hydrogen) atoms. The van der Waals surface area contributed by atoms with E-state index in [4.69, 9.17) is 4.74 Å². The van der Waals surface area contributed by atoms with Gasteiger partial charge in [-0.05, 0) is 24.8 Å². The zero-order valence-electron chi connectivity index (χ0n) is 9.60. The van der Waals surface area contributed by atoms with Crippen LogP contribution in [-0.4, -0.2) is 21.9 Å². The van der Waals surface area contributed by atoms with Crippen molar-refractivity contribution in [1.82, 2.24) is 9.55 Å². The molecule has 0 aliphatic carbocycles. The van der Waals surface area contributed by atoms with Crippen molar-refractivity contribution in [2.75, 3.05) is 12.4 Å². The summed E-state index contributed by atoms with van der Waals surface area (Å²) >= 11 is 4.24. The van der Waals surface area contributed by atoms with Crippen LogP contribution >= 0.6 is 12.6 Å². The van der Waals surface area contributed by atoms with Gasteiger partial charge in [-0.3, -0.25) is 0 Å². The highest BCUT2D eigenvalue weighted by molar-refractivity contribution is 7.80. The topological polar surface area (TPSA) is 27.1 Å². The van der Waals surface area contributed by atoms with Gasteiger partial charge in [0.1, 0.15) is 11.6 Å². The van der Waals surface area contributed by atoms with E-state index in [1.165, 1.54) is 0 Å². The van der Waals surface area contributed by atoms with Crippen molar-refractivity contribution in [3.8, 4) is 5.75 Å². The van der Waals surface area contributed by atoms with Crippen LogP contribution in [0.1, 0.15) is 12.7 Å². The molecule has 1 heterocycles. The minimum Gasteiger partial charge on any atom is -0.494 e. The SMILES string of the molecule is CCOc1ccc2c(c1)nc(CCS)n2C. The molecule has 0 spiro atoms. The molecule has 0 unspecified atom stereocenters. The Kier molecular flexibility index (Phi) is 3.39. The van der Waals surface area contributed by atoms with Crippen LogP contribution in [0.4, 0.5) is 0 Å². The predicted molar refractivity (Wildman–Crippen MR) is 69.4 cm³/mol. The van der Waals surface area contributed by atoms with Crippen molar-refractivity contribution in [1.29, 1.82) is 0 Å². The van der Waals surface area contributed by atoms with E-state index in [0.717, 1.165) is 34.8 Å². The molecule has 0 fully saturated rings. The first kappa shape index (κ1) is 11.3. The minimum atomic E-state index is 0.682. The molecule has 2 aromatic rings. The molecule has 0 amide bonds. The highest BCUT2D eigenvalue weighted by Crippen LogP contribution is 2.21. The number of imidazole rings is 1. The van der Waals surface area contributed by atoms with E-state index < -0.39 is 0 Å². The molecule has 0 N–H and O–H groups in total. The standard InChI is InChI=1S/C12H16N2OS/c1-3-15-9-4-5-11-10(8-9)13-12(6-7-16)14(11)2/h4-5,8,16H,3,6-7H2,1-2H3. The lowest BCUT2D eigenvalue weighted by molar-refractivity contribution is 0.340. The van der Waals surface area contributed by atoms with Crippen LogP contribution in [0.5, 0.6) is 5.75 Å². The molecule has 0 saturated carbocycles. The fourth-order valence-electron chi connectivity index (χ4n) is 1.81. The van der Waals surface area contributed by atoms with E-state index in [9.17, 15) is 0 Å². The minimum absolute atomic E-state index is 0.682. The number of rotatable bonds is 4. The van der Waals surface area contributed by atoms with Crippen LogP contribution in [-0.2, 0) is 13.5 Å². The van der Waals surface area contributed by atoms with E-state index >= 15 is 0 Å². The highest BCUT2D eigenvalue weighted by Gasteiger charge is 2.07. The van der Waals surface area contributed by atoms with Crippen LogP contribution in [0.25, 0.3) is 11.0 Å². The fourth-order valence-corrected chi connectivity index (χ4v) is 2.01. The van der Waals surface area contributed by atoms with Gasteiger partial charge in [0.25, 0.3) is 0 Å². The van der Waals surface area contributed by atoms with Crippen molar-refractivity contribution < 1.29 is 4.74 Å². The average molecular weight is 236 g/mol. The molecule has 1 aromatic heterocycles. The predicted octanol–water partition coefficient (Wildman–Crippen LogP) is 2.44. The van der Waals surface area contributed by atoms with Gasteiger partial charge < -0.3 is 9.30 Å². The second-order valence-electron chi connectivity index (χ2n) is 3.64. The first-order chi connectivity index (χ1) is 7.76. The number of hydrogen-bond acceptors (Lipinski definition) is 3. The van der Waals surface area contributed by atoms with Crippen molar-refractivity contribution in [3.63, 3.8) is 0 Å². The number of benzene rings is 1. The maximum absolute atomic E-state index is 5.46. The first-order valence-corrected chi connectivity index (χ1v) is 6.08. The summed E-state index contributed by atoms with van der Waals surface area (Å²) in [5, 5.41) is 0. The van der Waals surface area contributed by atoms with E-state index in [1.807, 2.05) is 26.1 Å². The van der Waals surface area contributed by atoms with E-state index in [-0.39, 0.29) is 0 Å². The molecule has 0 atom stereocenters. The van der Waals surface area contributed by atoms with Gasteiger partial charge in [0.05, 0.1) is 17.6 Å². The molecular formula is C12H16N2OS. The molecule has 86 valence electrons.